The van der Waals surface area contributed by atoms with Gasteiger partial charge in [-0.1, -0.05) is 6.07 Å². The molecule has 1 amide bonds. The van der Waals surface area contributed by atoms with Crippen molar-refractivity contribution in [2.45, 2.75) is 39.0 Å². The number of nitrogens with zero attached hydrogens (tertiary/aromatic N) is 2. The van der Waals surface area contributed by atoms with Crippen LogP contribution < -0.4 is 5.32 Å². The highest BCUT2D eigenvalue weighted by Gasteiger charge is 2.27. The second kappa shape index (κ2) is 7.51. The molecule has 1 aliphatic rings. The van der Waals surface area contributed by atoms with Gasteiger partial charge in [0.05, 0.1) is 11.6 Å². The minimum Gasteiger partial charge on any atom is -0.481 e. The number of hydrogen-bond acceptors (Lipinski definition) is 3. The molecule has 1 saturated carbocycles. The highest BCUT2D eigenvalue weighted by Crippen LogP contribution is 2.31. The number of nitrogens with one attached hydrogen (secondary N) is 1. The van der Waals surface area contributed by atoms with Gasteiger partial charge < -0.3 is 10.4 Å². The minimum absolute atomic E-state index is 0.0144. The predicted octanol–water partition coefficient (Wildman–Crippen LogP) is 3.40. The van der Waals surface area contributed by atoms with Crippen LogP contribution in [0.4, 0.5) is 5.69 Å². The van der Waals surface area contributed by atoms with Gasteiger partial charge in [-0.3, -0.25) is 9.59 Å². The Morgan fingerprint density at radius 1 is 1.28 bits per heavy atom. The molecule has 132 valence electrons. The Morgan fingerprint density at radius 3 is 2.68 bits per heavy atom. The van der Waals surface area contributed by atoms with Crippen LogP contribution in [0.25, 0.3) is 5.69 Å². The van der Waals surface area contributed by atoms with Crippen molar-refractivity contribution in [2.75, 3.05) is 5.32 Å². The van der Waals surface area contributed by atoms with Crippen molar-refractivity contribution in [3.05, 3.63) is 42.2 Å². The summed E-state index contributed by atoms with van der Waals surface area (Å²) in [4.78, 5) is 23.4. The molecular formula is C19H23N3O3. The summed E-state index contributed by atoms with van der Waals surface area (Å²) in [6, 6.07) is 7.70. The zero-order valence-electron chi connectivity index (χ0n) is 14.3. The molecule has 1 fully saturated rings. The monoisotopic (exact) mass is 341 g/mol. The second-order valence-corrected chi connectivity index (χ2v) is 6.76. The first-order chi connectivity index (χ1) is 12.0. The number of anilines is 1. The Hall–Kier alpha value is -2.63. The van der Waals surface area contributed by atoms with Gasteiger partial charge in [0.1, 0.15) is 0 Å². The van der Waals surface area contributed by atoms with Crippen molar-refractivity contribution in [3.63, 3.8) is 0 Å². The van der Waals surface area contributed by atoms with Crippen molar-refractivity contribution in [1.29, 1.82) is 0 Å². The molecule has 2 aromatic rings. The van der Waals surface area contributed by atoms with Crippen LogP contribution in [0.5, 0.6) is 0 Å². The lowest BCUT2D eigenvalue weighted by atomic mass is 9.80. The van der Waals surface area contributed by atoms with Crippen molar-refractivity contribution in [1.82, 2.24) is 9.78 Å². The predicted molar refractivity (Wildman–Crippen MR) is 94.6 cm³/mol. The van der Waals surface area contributed by atoms with Crippen molar-refractivity contribution >= 4 is 17.6 Å². The van der Waals surface area contributed by atoms with Crippen LogP contribution in [0.1, 0.15) is 37.7 Å². The van der Waals surface area contributed by atoms with E-state index in [4.69, 9.17) is 5.11 Å². The van der Waals surface area contributed by atoms with Crippen LogP contribution >= 0.6 is 0 Å². The molecule has 3 rings (SSSR count). The summed E-state index contributed by atoms with van der Waals surface area (Å²) in [6.45, 7) is 1.96. The first-order valence-corrected chi connectivity index (χ1v) is 8.66. The van der Waals surface area contributed by atoms with Crippen LogP contribution in [0.3, 0.4) is 0 Å². The first kappa shape index (κ1) is 17.2. The van der Waals surface area contributed by atoms with Crippen LogP contribution in [0.2, 0.25) is 0 Å². The van der Waals surface area contributed by atoms with E-state index in [0.29, 0.717) is 19.3 Å². The van der Waals surface area contributed by atoms with E-state index in [-0.39, 0.29) is 17.7 Å². The lowest BCUT2D eigenvalue weighted by Crippen LogP contribution is -2.24. The number of carboxylic acid groups (broad SMARTS) is 1. The van der Waals surface area contributed by atoms with Gasteiger partial charge in [-0.2, -0.15) is 5.10 Å². The molecule has 2 N–H and O–H groups in total. The normalized spacial score (nSPS) is 20.2. The maximum atomic E-state index is 12.4. The number of amides is 1. The Bertz CT molecular complexity index is 747. The van der Waals surface area contributed by atoms with Gasteiger partial charge in [0.25, 0.3) is 0 Å². The van der Waals surface area contributed by atoms with Crippen LogP contribution in [0.15, 0.2) is 36.7 Å². The van der Waals surface area contributed by atoms with E-state index in [1.165, 1.54) is 0 Å². The van der Waals surface area contributed by atoms with Gasteiger partial charge in [-0.05, 0) is 62.3 Å². The van der Waals surface area contributed by atoms with Crippen LogP contribution in [-0.2, 0) is 9.59 Å². The fourth-order valence-electron chi connectivity index (χ4n) is 3.39. The zero-order valence-corrected chi connectivity index (χ0v) is 14.3. The summed E-state index contributed by atoms with van der Waals surface area (Å²) in [5.74, 6) is -0.703. The van der Waals surface area contributed by atoms with Gasteiger partial charge in [0, 0.05) is 24.5 Å². The van der Waals surface area contributed by atoms with E-state index in [1.807, 2.05) is 37.4 Å². The Kier molecular flexibility index (Phi) is 5.16. The van der Waals surface area contributed by atoms with Crippen molar-refractivity contribution < 1.29 is 14.7 Å². The summed E-state index contributed by atoms with van der Waals surface area (Å²) in [7, 11) is 0. The standard InChI is InChI=1S/C19H23N3O3/c1-13-3-8-16(22-10-2-9-20-22)12-17(13)21-18(23)11-14-4-6-15(7-5-14)19(24)25/h2-3,8-10,12,14-15H,4-7,11H2,1H3,(H,21,23)(H,24,25). The fourth-order valence-corrected chi connectivity index (χ4v) is 3.39. The molecule has 6 nitrogen and oxygen atoms in total. The highest BCUT2D eigenvalue weighted by atomic mass is 16.4. The van der Waals surface area contributed by atoms with Crippen molar-refractivity contribution in [2.24, 2.45) is 11.8 Å². The molecule has 1 aliphatic carbocycles. The molecule has 0 spiro atoms. The number of benzene rings is 1. The molecule has 0 aliphatic heterocycles. The number of aromatic nitrogens is 2. The molecule has 6 heteroatoms. The largest absolute Gasteiger partial charge is 0.481 e. The number of carbonyl (C=O) groups is 2. The van der Waals surface area contributed by atoms with Crippen molar-refractivity contribution in [3.8, 4) is 5.69 Å². The summed E-state index contributed by atoms with van der Waals surface area (Å²) in [6.07, 6.45) is 6.95. The molecule has 1 aromatic heterocycles. The molecule has 0 bridgehead atoms. The number of carboxylic acids is 1. The summed E-state index contributed by atoms with van der Waals surface area (Å²) in [5, 5.41) is 16.3. The Balaban J connectivity index is 1.60. The topological polar surface area (TPSA) is 84.2 Å². The Labute approximate surface area is 146 Å². The molecule has 1 heterocycles. The maximum Gasteiger partial charge on any atom is 0.306 e. The zero-order chi connectivity index (χ0) is 17.8. The van der Waals surface area contributed by atoms with Gasteiger partial charge in [-0.25, -0.2) is 4.68 Å². The number of hydrogen-bond donors (Lipinski definition) is 2. The third-order valence-electron chi connectivity index (χ3n) is 4.93. The van der Waals surface area contributed by atoms with E-state index in [9.17, 15) is 9.59 Å². The first-order valence-electron chi connectivity index (χ1n) is 8.66. The smallest absolute Gasteiger partial charge is 0.306 e. The molecular weight excluding hydrogens is 318 g/mol. The van der Waals surface area contributed by atoms with E-state index in [2.05, 4.69) is 10.4 Å². The van der Waals surface area contributed by atoms with E-state index in [1.54, 1.807) is 10.9 Å². The molecule has 0 atom stereocenters. The number of carbonyl (C=O) groups excluding carboxylic acids is 1. The summed E-state index contributed by atoms with van der Waals surface area (Å²) >= 11 is 0. The van der Waals surface area contributed by atoms with E-state index in [0.717, 1.165) is 29.8 Å². The minimum atomic E-state index is -0.714. The highest BCUT2D eigenvalue weighted by molar-refractivity contribution is 5.92. The van der Waals surface area contributed by atoms with Gasteiger partial charge in [0.2, 0.25) is 5.91 Å². The number of aryl methyl sites for hydroxylation is 1. The third-order valence-corrected chi connectivity index (χ3v) is 4.93. The average molecular weight is 341 g/mol. The van der Waals surface area contributed by atoms with Crippen LogP contribution in [0, 0.1) is 18.8 Å². The molecule has 0 unspecified atom stereocenters. The summed E-state index contributed by atoms with van der Waals surface area (Å²) < 4.78 is 1.75. The summed E-state index contributed by atoms with van der Waals surface area (Å²) in [5.41, 5.74) is 2.68. The third kappa shape index (κ3) is 4.26. The second-order valence-electron chi connectivity index (χ2n) is 6.76. The lowest BCUT2D eigenvalue weighted by Gasteiger charge is -2.25. The number of rotatable bonds is 5. The van der Waals surface area contributed by atoms with Gasteiger partial charge >= 0.3 is 5.97 Å². The quantitative estimate of drug-likeness (QED) is 0.873. The SMILES string of the molecule is Cc1ccc(-n2cccn2)cc1NC(=O)CC1CCC(C(=O)O)CC1. The number of aliphatic carboxylic acids is 1. The van der Waals surface area contributed by atoms with E-state index >= 15 is 0 Å². The maximum absolute atomic E-state index is 12.4. The Morgan fingerprint density at radius 2 is 2.04 bits per heavy atom. The van der Waals surface area contributed by atoms with Gasteiger partial charge in [-0.15, -0.1) is 0 Å². The fraction of sp³-hybridized carbons (Fsp3) is 0.421. The molecule has 25 heavy (non-hydrogen) atoms. The molecule has 0 saturated heterocycles. The molecule has 0 radical (unpaired) electrons. The average Bonchev–Trinajstić information content (AvgIpc) is 3.12. The van der Waals surface area contributed by atoms with Gasteiger partial charge in [0.15, 0.2) is 0 Å². The van der Waals surface area contributed by atoms with Crippen LogP contribution in [-0.4, -0.2) is 26.8 Å². The molecule has 1 aromatic carbocycles. The lowest BCUT2D eigenvalue weighted by molar-refractivity contribution is -0.143. The van der Waals surface area contributed by atoms with E-state index < -0.39 is 5.97 Å².